The normalized spacial score (nSPS) is 25.4. The van der Waals surface area contributed by atoms with E-state index in [1.54, 1.807) is 6.92 Å². The zero-order chi connectivity index (χ0) is 18.3. The highest BCUT2D eigenvalue weighted by Gasteiger charge is 2.38. The molecule has 3 atom stereocenters. The molecule has 0 spiro atoms. The Morgan fingerprint density at radius 3 is 2.88 bits per heavy atom. The molecule has 0 saturated heterocycles. The van der Waals surface area contributed by atoms with Gasteiger partial charge in [-0.05, 0) is 56.4 Å². The molecule has 6 nitrogen and oxygen atoms in total. The number of aryl methyl sites for hydroxylation is 1. The summed E-state index contributed by atoms with van der Waals surface area (Å²) in [6, 6.07) is 4.28. The van der Waals surface area contributed by atoms with E-state index >= 15 is 0 Å². The molecule has 2 aliphatic rings. The number of aromatic nitrogens is 2. The van der Waals surface area contributed by atoms with E-state index in [1.165, 1.54) is 18.2 Å². The van der Waals surface area contributed by atoms with E-state index in [9.17, 15) is 14.3 Å². The van der Waals surface area contributed by atoms with Gasteiger partial charge in [-0.3, -0.25) is 4.79 Å². The van der Waals surface area contributed by atoms with Gasteiger partial charge in [-0.15, -0.1) is 0 Å². The van der Waals surface area contributed by atoms with E-state index in [0.717, 1.165) is 18.7 Å². The number of halogens is 1. The highest BCUT2D eigenvalue weighted by molar-refractivity contribution is 5.94. The Kier molecular flexibility index (Phi) is 4.48. The van der Waals surface area contributed by atoms with E-state index in [4.69, 9.17) is 4.52 Å². The number of carbonyl (C=O) groups is 1. The van der Waals surface area contributed by atoms with E-state index in [2.05, 4.69) is 15.5 Å². The van der Waals surface area contributed by atoms with Gasteiger partial charge in [0.15, 0.2) is 5.82 Å². The number of hydrogen-bond donors (Lipinski definition) is 2. The third-order valence-corrected chi connectivity index (χ3v) is 5.35. The quantitative estimate of drug-likeness (QED) is 0.857. The predicted octanol–water partition coefficient (Wildman–Crippen LogP) is 2.68. The van der Waals surface area contributed by atoms with Gasteiger partial charge in [-0.1, -0.05) is 5.16 Å². The third kappa shape index (κ3) is 3.49. The first-order valence-corrected chi connectivity index (χ1v) is 9.07. The Balaban J connectivity index is 1.34. The number of aliphatic hydroxyl groups is 1. The van der Waals surface area contributed by atoms with Crippen LogP contribution in [0.25, 0.3) is 0 Å². The van der Waals surface area contributed by atoms with Crippen LogP contribution in [0.4, 0.5) is 4.39 Å². The van der Waals surface area contributed by atoms with Crippen molar-refractivity contribution in [1.29, 1.82) is 0 Å². The van der Waals surface area contributed by atoms with Crippen molar-refractivity contribution in [1.82, 2.24) is 15.5 Å². The molecule has 138 valence electrons. The smallest absolute Gasteiger partial charge is 0.251 e. The Bertz CT molecular complexity index is 818. The molecular formula is C19H22FN3O3. The Morgan fingerprint density at radius 1 is 1.35 bits per heavy atom. The number of amides is 1. The minimum atomic E-state index is -0.522. The molecule has 2 aliphatic carbocycles. The fourth-order valence-corrected chi connectivity index (χ4v) is 3.56. The standard InChI is InChI=1S/C19H22FN3O3/c1-10-6-12(4-5-15(10)20)18(25)21-9-14-7-13(8-16(14)24)19-22-17(23-26-19)11-2-3-11/h4-6,11,13-14,16,24H,2-3,7-9H2,1H3,(H,21,25)/t13-,14+,16+/m0/s1. The number of aliphatic hydroxyl groups excluding tert-OH is 1. The van der Waals surface area contributed by atoms with E-state index in [0.29, 0.717) is 42.3 Å². The molecule has 0 aliphatic heterocycles. The number of rotatable bonds is 5. The number of nitrogens with zero attached hydrogens (tertiary/aromatic N) is 2. The molecule has 2 fully saturated rings. The maximum absolute atomic E-state index is 13.3. The molecule has 0 bridgehead atoms. The van der Waals surface area contributed by atoms with Crippen LogP contribution in [0, 0.1) is 18.7 Å². The summed E-state index contributed by atoms with van der Waals surface area (Å²) in [5, 5.41) is 17.2. The Hall–Kier alpha value is -2.28. The monoisotopic (exact) mass is 359 g/mol. The van der Waals surface area contributed by atoms with Gasteiger partial charge in [-0.2, -0.15) is 4.98 Å². The molecule has 1 amide bonds. The largest absolute Gasteiger partial charge is 0.393 e. The molecule has 1 aromatic carbocycles. The molecule has 0 radical (unpaired) electrons. The maximum atomic E-state index is 13.3. The van der Waals surface area contributed by atoms with Crippen molar-refractivity contribution in [3.63, 3.8) is 0 Å². The summed E-state index contributed by atoms with van der Waals surface area (Å²) in [4.78, 5) is 16.7. The topological polar surface area (TPSA) is 88.3 Å². The van der Waals surface area contributed by atoms with Gasteiger partial charge < -0.3 is 14.9 Å². The van der Waals surface area contributed by atoms with Gasteiger partial charge >= 0.3 is 0 Å². The molecule has 0 unspecified atom stereocenters. The molecule has 7 heteroatoms. The van der Waals surface area contributed by atoms with Gasteiger partial charge in [0.2, 0.25) is 5.89 Å². The minimum absolute atomic E-state index is 0.0277. The number of benzene rings is 1. The van der Waals surface area contributed by atoms with Gasteiger partial charge in [0.05, 0.1) is 6.10 Å². The lowest BCUT2D eigenvalue weighted by atomic mass is 10.0. The summed E-state index contributed by atoms with van der Waals surface area (Å²) in [6.07, 6.45) is 2.96. The summed E-state index contributed by atoms with van der Waals surface area (Å²) in [5.74, 6) is 1.17. The fraction of sp³-hybridized carbons (Fsp3) is 0.526. The second-order valence-corrected chi connectivity index (χ2v) is 7.43. The second kappa shape index (κ2) is 6.79. The summed E-state index contributed by atoms with van der Waals surface area (Å²) in [6.45, 7) is 1.98. The highest BCUT2D eigenvalue weighted by atomic mass is 19.1. The summed E-state index contributed by atoms with van der Waals surface area (Å²) < 4.78 is 18.7. The Labute approximate surface area is 150 Å². The van der Waals surface area contributed by atoms with Gasteiger partial charge in [0.25, 0.3) is 5.91 Å². The van der Waals surface area contributed by atoms with Crippen molar-refractivity contribution in [2.45, 2.75) is 50.5 Å². The van der Waals surface area contributed by atoms with Gasteiger partial charge in [0, 0.05) is 29.9 Å². The van der Waals surface area contributed by atoms with E-state index < -0.39 is 6.10 Å². The van der Waals surface area contributed by atoms with Crippen LogP contribution in [-0.4, -0.2) is 33.8 Å². The fourth-order valence-electron chi connectivity index (χ4n) is 3.56. The lowest BCUT2D eigenvalue weighted by molar-refractivity contribution is 0.0916. The van der Waals surface area contributed by atoms with Crippen molar-refractivity contribution in [3.05, 3.63) is 46.9 Å². The van der Waals surface area contributed by atoms with Crippen LogP contribution < -0.4 is 5.32 Å². The summed E-state index contributed by atoms with van der Waals surface area (Å²) in [5.41, 5.74) is 0.848. The van der Waals surface area contributed by atoms with Gasteiger partial charge in [0.1, 0.15) is 5.82 Å². The number of hydrogen-bond acceptors (Lipinski definition) is 5. The predicted molar refractivity (Wildman–Crippen MR) is 91.2 cm³/mol. The van der Waals surface area contributed by atoms with Crippen molar-refractivity contribution >= 4 is 5.91 Å². The van der Waals surface area contributed by atoms with Crippen molar-refractivity contribution in [2.75, 3.05) is 6.54 Å². The third-order valence-electron chi connectivity index (χ3n) is 5.35. The highest BCUT2D eigenvalue weighted by Crippen LogP contribution is 2.41. The molecule has 2 N–H and O–H groups in total. The van der Waals surface area contributed by atoms with Crippen LogP contribution in [0.15, 0.2) is 22.7 Å². The van der Waals surface area contributed by atoms with Crippen LogP contribution in [-0.2, 0) is 0 Å². The molecule has 4 rings (SSSR count). The van der Waals surface area contributed by atoms with Crippen LogP contribution in [0.3, 0.4) is 0 Å². The molecular weight excluding hydrogens is 337 g/mol. The first kappa shape index (κ1) is 17.1. The molecule has 1 aromatic heterocycles. The molecule has 1 heterocycles. The van der Waals surface area contributed by atoms with Crippen LogP contribution in [0.1, 0.15) is 65.2 Å². The SMILES string of the molecule is Cc1cc(C(=O)NC[C@H]2C[C@H](c3nc(C4CC4)no3)C[C@H]2O)ccc1F. The number of nitrogens with one attached hydrogen (secondary N) is 1. The lowest BCUT2D eigenvalue weighted by Gasteiger charge is -2.15. The van der Waals surface area contributed by atoms with Crippen molar-refractivity contribution < 1.29 is 18.8 Å². The molecule has 26 heavy (non-hydrogen) atoms. The van der Waals surface area contributed by atoms with E-state index in [1.807, 2.05) is 0 Å². The van der Waals surface area contributed by atoms with Crippen LogP contribution in [0.2, 0.25) is 0 Å². The lowest BCUT2D eigenvalue weighted by Crippen LogP contribution is -2.32. The second-order valence-electron chi connectivity index (χ2n) is 7.43. The zero-order valence-electron chi connectivity index (χ0n) is 14.6. The maximum Gasteiger partial charge on any atom is 0.251 e. The average molecular weight is 359 g/mol. The van der Waals surface area contributed by atoms with Gasteiger partial charge in [-0.25, -0.2) is 4.39 Å². The van der Waals surface area contributed by atoms with Crippen molar-refractivity contribution in [3.8, 4) is 0 Å². The summed E-state index contributed by atoms with van der Waals surface area (Å²) in [7, 11) is 0. The molecule has 2 aromatic rings. The van der Waals surface area contributed by atoms with E-state index in [-0.39, 0.29) is 23.6 Å². The average Bonchev–Trinajstić information content (AvgIpc) is 3.23. The minimum Gasteiger partial charge on any atom is -0.393 e. The van der Waals surface area contributed by atoms with Crippen LogP contribution >= 0.6 is 0 Å². The first-order valence-electron chi connectivity index (χ1n) is 9.07. The Morgan fingerprint density at radius 2 is 2.15 bits per heavy atom. The summed E-state index contributed by atoms with van der Waals surface area (Å²) >= 11 is 0. The van der Waals surface area contributed by atoms with Crippen LogP contribution in [0.5, 0.6) is 0 Å². The number of carbonyl (C=O) groups excluding carboxylic acids is 1. The zero-order valence-corrected chi connectivity index (χ0v) is 14.6. The molecule has 2 saturated carbocycles. The van der Waals surface area contributed by atoms with Crippen molar-refractivity contribution in [2.24, 2.45) is 5.92 Å². The first-order chi connectivity index (χ1) is 12.5.